The molecule has 0 fully saturated rings. The first-order valence-electron chi connectivity index (χ1n) is 34.9. The summed E-state index contributed by atoms with van der Waals surface area (Å²) in [7, 11) is 3.04. The van der Waals surface area contributed by atoms with E-state index in [1.807, 2.05) is 0 Å². The van der Waals surface area contributed by atoms with E-state index < -0.39 is 75.3 Å². The third kappa shape index (κ3) is 20.6. The number of amides is 6. The van der Waals surface area contributed by atoms with Gasteiger partial charge in [0.15, 0.2) is 17.5 Å². The number of nitrogens with zero attached hydrogens (tertiary/aromatic N) is 14. The molecule has 3 aliphatic rings. The zero-order valence-electron chi connectivity index (χ0n) is 61.7. The number of nitrogens with one attached hydrogen (secondary N) is 4. The molecule has 40 heteroatoms. The van der Waals surface area contributed by atoms with E-state index in [0.29, 0.717) is 84.8 Å². The number of fused-ring (bicyclic) bond motifs is 3. The molecule has 0 bridgehead atoms. The van der Waals surface area contributed by atoms with Gasteiger partial charge in [-0.05, 0) is 163 Å². The Morgan fingerprint density at radius 1 is 0.432 bits per heavy atom. The van der Waals surface area contributed by atoms with Crippen molar-refractivity contribution in [3.63, 3.8) is 0 Å². The molecule has 0 spiro atoms. The number of hydrogen-bond donors (Lipinski definition) is 6. The van der Waals surface area contributed by atoms with E-state index in [0.717, 1.165) is 16.7 Å². The molecule has 6 amide bonds. The number of aromatic amines is 1. The minimum atomic E-state index is -4.47. The molecule has 6 aromatic heterocycles. The van der Waals surface area contributed by atoms with Gasteiger partial charge in [0.05, 0.1) is 58.0 Å². The van der Waals surface area contributed by atoms with Crippen LogP contribution >= 0.6 is 15.9 Å². The summed E-state index contributed by atoms with van der Waals surface area (Å²) in [6.45, 7) is -3.58. The Balaban J connectivity index is 0.000000154. The predicted molar refractivity (Wildman–Crippen MR) is 420 cm³/mol. The van der Waals surface area contributed by atoms with Crippen LogP contribution in [-0.4, -0.2) is 140 Å². The average Bonchev–Trinajstić information content (AvgIpc) is 0.767. The topological polar surface area (TPSA) is 311 Å². The SMILES string of the molecule is COc1ccc(N2Cc3cnc(NCC(F)(F)F)nc3N(c3ccc(-c4ccc[nH]c4=O)cc3)C2=O)cc1.COc1ccc(N2Cc3cnc(NCC(F)(F)F)nc3N(c3ccc(-c4cccnc4F)cc3)C2=O)cc1.COc1ccc(N2Cc3cnc(NCC(F)(F)F)nc3N(c3ccc(Br)cc3)C2=O)cc1.OB(O)c1ccc(F)nc1. The number of methoxy groups -OCH3 is 3. The molecule has 0 radical (unpaired) electrons. The van der Waals surface area contributed by atoms with Crippen LogP contribution in [0.1, 0.15) is 16.7 Å². The zero-order valence-corrected chi connectivity index (χ0v) is 63.2. The number of halogens is 12. The van der Waals surface area contributed by atoms with E-state index in [-0.39, 0.29) is 71.5 Å². The maximum Gasteiger partial charge on any atom is 0.490 e. The standard InChI is InChI=1S/C26H20F4N6O2.C26H21F3N6O3.C21H17BrF3N5O2.C5H5BFNO2/c1-38-20-10-8-18(9-11-20)35-14-17-13-32-24(33-15-26(28,29)30)34-23(17)36(25(35)37)19-6-4-16(5-7-19)21-3-2-12-31-22(21)27;1-38-20-10-8-18(9-11-20)34-14-17-13-31-24(32-15-26(27,28)29)33-22(17)35(25(34)37)19-6-4-16(5-7-19)21-3-2-12-30-23(21)36;1-32-17-8-6-15(7-9-17)29-11-13-10-26-19(27-12-21(23,24)25)28-18(13)30(20(29)31)16-4-2-14(22)3-5-16;7-5-2-1-4(3-8-5)6(9)10/h2-13H,14-15H2,1H3,(H,32,33,34);2-13H,14-15H2,1H3,(H,30,36)(H,31,32,33);2-10H,11-12H2,1H3,(H,26,27,28);1-3,9-10H. The third-order valence-electron chi connectivity index (χ3n) is 17.5. The van der Waals surface area contributed by atoms with Crippen molar-refractivity contribution in [3.05, 3.63) is 263 Å². The molecular formula is C78H63BBrF11N18O9. The Hall–Kier alpha value is -13.9. The number of pyridine rings is 3. The van der Waals surface area contributed by atoms with E-state index in [2.05, 4.69) is 76.7 Å². The van der Waals surface area contributed by atoms with Crippen molar-refractivity contribution in [2.75, 3.05) is 86.3 Å². The van der Waals surface area contributed by atoms with E-state index in [1.165, 1.54) is 80.7 Å². The lowest BCUT2D eigenvalue weighted by molar-refractivity contribution is -0.116. The van der Waals surface area contributed by atoms with Gasteiger partial charge >= 0.3 is 43.7 Å². The number of carbonyl (C=O) groups is 3. The first-order chi connectivity index (χ1) is 56.4. The Morgan fingerprint density at radius 2 is 0.780 bits per heavy atom. The molecule has 6 aromatic carbocycles. The predicted octanol–water partition coefficient (Wildman–Crippen LogP) is 15.4. The molecule has 0 saturated carbocycles. The van der Waals surface area contributed by atoms with Gasteiger partial charge in [-0.2, -0.15) is 63.2 Å². The van der Waals surface area contributed by atoms with Crippen molar-refractivity contribution >= 4 is 116 Å². The first-order valence-corrected chi connectivity index (χ1v) is 35.7. The van der Waals surface area contributed by atoms with Gasteiger partial charge < -0.3 is 45.2 Å². The summed E-state index contributed by atoms with van der Waals surface area (Å²) in [5.74, 6) is 0.369. The smallest absolute Gasteiger partial charge is 0.490 e. The Labute approximate surface area is 671 Å². The number of urea groups is 3. The summed E-state index contributed by atoms with van der Waals surface area (Å²) < 4.78 is 157. The maximum atomic E-state index is 14.2. The van der Waals surface area contributed by atoms with E-state index in [4.69, 9.17) is 24.3 Å². The second-order valence-electron chi connectivity index (χ2n) is 25.4. The van der Waals surface area contributed by atoms with Crippen molar-refractivity contribution in [2.45, 2.75) is 38.2 Å². The van der Waals surface area contributed by atoms with Crippen molar-refractivity contribution in [1.82, 2.24) is 44.9 Å². The highest BCUT2D eigenvalue weighted by Crippen LogP contribution is 2.42. The highest BCUT2D eigenvalue weighted by molar-refractivity contribution is 9.10. The van der Waals surface area contributed by atoms with Gasteiger partial charge in [-0.1, -0.05) is 46.3 Å². The monoisotopic (exact) mass is 1690 g/mol. The second-order valence-corrected chi connectivity index (χ2v) is 26.3. The molecule has 0 atom stereocenters. The van der Waals surface area contributed by atoms with Gasteiger partial charge in [0, 0.05) is 92.0 Å². The molecule has 15 rings (SSSR count). The summed E-state index contributed by atoms with van der Waals surface area (Å²) in [5, 5.41) is 23.5. The van der Waals surface area contributed by atoms with Crippen LogP contribution in [0, 0.1) is 11.9 Å². The number of alkyl halides is 9. The average molecular weight is 1700 g/mol. The lowest BCUT2D eigenvalue weighted by Gasteiger charge is -2.36. The summed E-state index contributed by atoms with van der Waals surface area (Å²) in [6, 6.07) is 48.3. The quantitative estimate of drug-likeness (QED) is 0.0264. The minimum absolute atomic E-state index is 0.0928. The van der Waals surface area contributed by atoms with Crippen LogP contribution in [0.5, 0.6) is 17.2 Å². The van der Waals surface area contributed by atoms with Gasteiger partial charge in [0.25, 0.3) is 5.56 Å². The molecule has 12 aromatic rings. The number of ether oxygens (including phenoxy) is 3. The molecule has 9 heterocycles. The van der Waals surface area contributed by atoms with Gasteiger partial charge in [0.1, 0.15) is 36.9 Å². The van der Waals surface area contributed by atoms with Gasteiger partial charge in [-0.3, -0.25) is 19.5 Å². The molecule has 3 aliphatic heterocycles. The van der Waals surface area contributed by atoms with Crippen molar-refractivity contribution in [2.24, 2.45) is 0 Å². The van der Waals surface area contributed by atoms with E-state index in [1.54, 1.807) is 177 Å². The summed E-state index contributed by atoms with van der Waals surface area (Å²) in [6.07, 6.45) is -5.22. The highest BCUT2D eigenvalue weighted by Gasteiger charge is 2.39. The molecule has 6 N–H and O–H groups in total. The first kappa shape index (κ1) is 83.5. The number of anilines is 12. The lowest BCUT2D eigenvalue weighted by Crippen LogP contribution is -2.45. The Bertz CT molecular complexity index is 5590. The number of benzene rings is 6. The van der Waals surface area contributed by atoms with Crippen molar-refractivity contribution in [1.29, 1.82) is 0 Å². The number of hydrogen-bond acceptors (Lipinski definition) is 20. The number of aromatic nitrogens is 9. The fraction of sp³-hybridized carbons (Fsp3) is 0.154. The normalized spacial score (nSPS) is 13.1. The van der Waals surface area contributed by atoms with Gasteiger partial charge in [0.2, 0.25) is 29.7 Å². The van der Waals surface area contributed by atoms with E-state index in [9.17, 15) is 67.5 Å². The fourth-order valence-electron chi connectivity index (χ4n) is 11.8. The Kier molecular flexibility index (Phi) is 25.7. The van der Waals surface area contributed by atoms with Crippen LogP contribution in [0.3, 0.4) is 0 Å². The largest absolute Gasteiger partial charge is 0.497 e. The third-order valence-corrected chi connectivity index (χ3v) is 18.0. The number of H-pyrrole nitrogens is 1. The Morgan fingerprint density at radius 3 is 1.10 bits per heavy atom. The van der Waals surface area contributed by atoms with Crippen LogP contribution in [0.2, 0.25) is 0 Å². The molecule has 0 unspecified atom stereocenters. The molecule has 606 valence electrons. The van der Waals surface area contributed by atoms with Crippen LogP contribution in [0.15, 0.2) is 228 Å². The van der Waals surface area contributed by atoms with Gasteiger partial charge in [-0.15, -0.1) is 0 Å². The summed E-state index contributed by atoms with van der Waals surface area (Å²) in [5.41, 5.74) is 6.51. The van der Waals surface area contributed by atoms with Crippen LogP contribution in [0.25, 0.3) is 22.3 Å². The van der Waals surface area contributed by atoms with E-state index >= 15 is 0 Å². The maximum absolute atomic E-state index is 14.2. The molecule has 0 aliphatic carbocycles. The molecule has 27 nitrogen and oxygen atoms in total. The molecular weight excluding hydrogens is 1630 g/mol. The van der Waals surface area contributed by atoms with Crippen LogP contribution in [-0.2, 0) is 19.6 Å². The van der Waals surface area contributed by atoms with Gasteiger partial charge in [-0.25, -0.2) is 54.0 Å². The lowest BCUT2D eigenvalue weighted by atomic mass is 9.82. The highest BCUT2D eigenvalue weighted by atomic mass is 79.9. The van der Waals surface area contributed by atoms with Crippen molar-refractivity contribution in [3.8, 4) is 39.5 Å². The fourth-order valence-corrected chi connectivity index (χ4v) is 12.1. The van der Waals surface area contributed by atoms with Crippen molar-refractivity contribution < 1.29 is 86.9 Å². The summed E-state index contributed by atoms with van der Waals surface area (Å²) >= 11 is 3.36. The molecule has 118 heavy (non-hydrogen) atoms. The molecule has 0 saturated heterocycles. The van der Waals surface area contributed by atoms with Crippen LogP contribution in [0.4, 0.5) is 132 Å². The summed E-state index contributed by atoms with van der Waals surface area (Å²) in [4.78, 5) is 96.0. The number of carbonyl (C=O) groups excluding carboxylic acids is 3. The second kappa shape index (κ2) is 36.3. The zero-order chi connectivity index (χ0) is 84.2. The van der Waals surface area contributed by atoms with Crippen LogP contribution < -0.4 is 70.6 Å². The number of rotatable bonds is 18. The minimum Gasteiger partial charge on any atom is -0.497 e.